The summed E-state index contributed by atoms with van der Waals surface area (Å²) in [7, 11) is 0. The number of aryl methyl sites for hydroxylation is 2. The second-order valence-corrected chi connectivity index (χ2v) is 10.1. The maximum atomic E-state index is 13.8. The molecule has 0 radical (unpaired) electrons. The van der Waals surface area contributed by atoms with E-state index in [1.165, 1.54) is 23.1 Å². The Morgan fingerprint density at radius 1 is 1.06 bits per heavy atom. The number of carbonyl (C=O) groups excluding carboxylic acids is 2. The molecule has 1 aliphatic heterocycles. The van der Waals surface area contributed by atoms with Gasteiger partial charge in [0.1, 0.15) is 11.6 Å². The third-order valence-corrected chi connectivity index (χ3v) is 7.37. The summed E-state index contributed by atoms with van der Waals surface area (Å²) in [6.07, 6.45) is 0. The molecule has 5 rings (SSSR count). The summed E-state index contributed by atoms with van der Waals surface area (Å²) < 4.78 is 15.2. The first-order valence-corrected chi connectivity index (χ1v) is 12.1. The highest BCUT2D eigenvalue weighted by atomic mass is 79.9. The average molecular weight is 537 g/mol. The number of thiazole rings is 1. The highest BCUT2D eigenvalue weighted by Crippen LogP contribution is 2.44. The molecule has 1 unspecified atom stereocenters. The molecule has 34 heavy (non-hydrogen) atoms. The van der Waals surface area contributed by atoms with Gasteiger partial charge in [0.2, 0.25) is 0 Å². The predicted octanol–water partition coefficient (Wildman–Crippen LogP) is 6.44. The molecule has 2 heterocycles. The van der Waals surface area contributed by atoms with Crippen molar-refractivity contribution in [2.45, 2.75) is 19.9 Å². The van der Waals surface area contributed by atoms with Gasteiger partial charge in [-0.15, -0.1) is 0 Å². The van der Waals surface area contributed by atoms with Crippen LogP contribution in [0.25, 0.3) is 16.0 Å². The van der Waals surface area contributed by atoms with E-state index in [9.17, 15) is 19.1 Å². The van der Waals surface area contributed by atoms with Gasteiger partial charge in [-0.05, 0) is 61.4 Å². The molecule has 1 aliphatic rings. The summed E-state index contributed by atoms with van der Waals surface area (Å²) in [5.41, 5.74) is 3.33. The van der Waals surface area contributed by atoms with Gasteiger partial charge >= 0.3 is 5.91 Å². The third kappa shape index (κ3) is 3.73. The monoisotopic (exact) mass is 536 g/mol. The van der Waals surface area contributed by atoms with Crippen LogP contribution in [0.15, 0.2) is 70.7 Å². The first-order valence-electron chi connectivity index (χ1n) is 10.4. The Kier molecular flexibility index (Phi) is 5.58. The zero-order valence-corrected chi connectivity index (χ0v) is 20.6. The van der Waals surface area contributed by atoms with Gasteiger partial charge in [-0.1, -0.05) is 57.1 Å². The summed E-state index contributed by atoms with van der Waals surface area (Å²) in [5.74, 6) is -2.23. The number of hydrogen-bond donors (Lipinski definition) is 1. The number of aliphatic hydroxyl groups is 1. The van der Waals surface area contributed by atoms with Gasteiger partial charge in [0.15, 0.2) is 5.13 Å². The molecular formula is C26H18BrFN2O3S. The number of carbonyl (C=O) groups is 2. The number of halogens is 2. The zero-order chi connectivity index (χ0) is 24.1. The van der Waals surface area contributed by atoms with Crippen LogP contribution in [0, 0.1) is 19.7 Å². The van der Waals surface area contributed by atoms with Crippen molar-refractivity contribution in [1.29, 1.82) is 0 Å². The highest BCUT2D eigenvalue weighted by molar-refractivity contribution is 9.10. The number of rotatable bonds is 3. The highest BCUT2D eigenvalue weighted by Gasteiger charge is 2.48. The number of ketones is 1. The van der Waals surface area contributed by atoms with Gasteiger partial charge in [0.05, 0.1) is 21.8 Å². The van der Waals surface area contributed by atoms with Crippen LogP contribution in [0.2, 0.25) is 0 Å². The number of aliphatic hydroxyl groups excluding tert-OH is 1. The summed E-state index contributed by atoms with van der Waals surface area (Å²) in [6.45, 7) is 3.72. The molecule has 1 aromatic heterocycles. The molecule has 0 saturated carbocycles. The summed E-state index contributed by atoms with van der Waals surface area (Å²) in [4.78, 5) is 32.4. The topological polar surface area (TPSA) is 70.5 Å². The predicted molar refractivity (Wildman–Crippen MR) is 134 cm³/mol. The molecule has 3 aromatic carbocycles. The fraction of sp³-hybridized carbons (Fsp3) is 0.115. The van der Waals surface area contributed by atoms with Crippen LogP contribution >= 0.6 is 27.3 Å². The molecule has 1 N–H and O–H groups in total. The summed E-state index contributed by atoms with van der Waals surface area (Å²) in [5, 5.41) is 11.6. The molecule has 1 saturated heterocycles. The quantitative estimate of drug-likeness (QED) is 0.186. The Labute approximate surface area is 207 Å². The fourth-order valence-electron chi connectivity index (χ4n) is 4.12. The number of nitrogens with zero attached hydrogens (tertiary/aromatic N) is 2. The minimum Gasteiger partial charge on any atom is -0.507 e. The SMILES string of the molecule is Cc1ccc(C)c(C(O)=C2C(=O)C(=O)N(c3nc4ccc(F)cc4s3)C2c2ccc(Br)cc2)c1. The molecule has 0 aliphatic carbocycles. The van der Waals surface area contributed by atoms with E-state index in [0.717, 1.165) is 26.9 Å². The second kappa shape index (κ2) is 8.45. The second-order valence-electron chi connectivity index (χ2n) is 8.15. The Bertz CT molecular complexity index is 1510. The molecule has 1 atom stereocenters. The van der Waals surface area contributed by atoms with E-state index in [1.54, 1.807) is 30.3 Å². The Morgan fingerprint density at radius 2 is 1.79 bits per heavy atom. The van der Waals surface area contributed by atoms with Crippen LogP contribution in [0.4, 0.5) is 9.52 Å². The van der Waals surface area contributed by atoms with Gasteiger partial charge in [-0.2, -0.15) is 0 Å². The van der Waals surface area contributed by atoms with Gasteiger partial charge < -0.3 is 5.11 Å². The molecular weight excluding hydrogens is 519 g/mol. The van der Waals surface area contributed by atoms with Crippen molar-refractivity contribution in [3.8, 4) is 0 Å². The van der Waals surface area contributed by atoms with E-state index in [2.05, 4.69) is 20.9 Å². The largest absolute Gasteiger partial charge is 0.507 e. The molecule has 8 heteroatoms. The molecule has 170 valence electrons. The third-order valence-electron chi connectivity index (χ3n) is 5.82. The van der Waals surface area contributed by atoms with Crippen molar-refractivity contribution in [2.75, 3.05) is 4.90 Å². The molecule has 5 nitrogen and oxygen atoms in total. The number of anilines is 1. The molecule has 4 aromatic rings. The van der Waals surface area contributed by atoms with E-state index in [-0.39, 0.29) is 16.5 Å². The molecule has 0 bridgehead atoms. The van der Waals surface area contributed by atoms with Crippen molar-refractivity contribution in [1.82, 2.24) is 4.98 Å². The van der Waals surface area contributed by atoms with E-state index in [4.69, 9.17) is 0 Å². The van der Waals surface area contributed by atoms with Crippen LogP contribution in [0.5, 0.6) is 0 Å². The lowest BCUT2D eigenvalue weighted by molar-refractivity contribution is -0.132. The molecule has 1 amide bonds. The van der Waals surface area contributed by atoms with E-state index in [0.29, 0.717) is 21.3 Å². The van der Waals surface area contributed by atoms with Gasteiger partial charge in [0, 0.05) is 10.0 Å². The lowest BCUT2D eigenvalue weighted by Gasteiger charge is -2.23. The van der Waals surface area contributed by atoms with E-state index >= 15 is 0 Å². The van der Waals surface area contributed by atoms with Crippen molar-refractivity contribution in [3.05, 3.63) is 98.8 Å². The van der Waals surface area contributed by atoms with Crippen molar-refractivity contribution in [3.63, 3.8) is 0 Å². The molecule has 1 fully saturated rings. The van der Waals surface area contributed by atoms with Crippen molar-refractivity contribution < 1.29 is 19.1 Å². The smallest absolute Gasteiger partial charge is 0.301 e. The van der Waals surface area contributed by atoms with E-state index < -0.39 is 23.5 Å². The lowest BCUT2D eigenvalue weighted by Crippen LogP contribution is -2.29. The Morgan fingerprint density at radius 3 is 2.53 bits per heavy atom. The number of fused-ring (bicyclic) bond motifs is 1. The van der Waals surface area contributed by atoms with Crippen LogP contribution in [-0.4, -0.2) is 21.8 Å². The van der Waals surface area contributed by atoms with Crippen molar-refractivity contribution >= 4 is 60.1 Å². The number of hydrogen-bond acceptors (Lipinski definition) is 5. The lowest BCUT2D eigenvalue weighted by atomic mass is 9.93. The first-order chi connectivity index (χ1) is 16.2. The number of aromatic nitrogens is 1. The van der Waals surface area contributed by atoms with Gasteiger partial charge in [0.25, 0.3) is 5.78 Å². The Hall–Kier alpha value is -3.36. The maximum Gasteiger partial charge on any atom is 0.301 e. The first kappa shape index (κ1) is 22.4. The van der Waals surface area contributed by atoms with Crippen LogP contribution < -0.4 is 4.90 Å². The standard InChI is InChI=1S/C26H18BrFN2O3S/c1-13-3-4-14(2)18(11-13)23(31)21-22(15-5-7-16(27)8-6-15)30(25(33)24(21)32)26-29-19-10-9-17(28)12-20(19)34-26/h3-12,22,31H,1-2H3. The zero-order valence-electron chi connectivity index (χ0n) is 18.2. The minimum absolute atomic E-state index is 0.00791. The Balaban J connectivity index is 1.76. The number of Topliss-reactive ketones (excluding diaryl/α,β-unsaturated/α-hetero) is 1. The van der Waals surface area contributed by atoms with Gasteiger partial charge in [-0.3, -0.25) is 14.5 Å². The van der Waals surface area contributed by atoms with Crippen LogP contribution in [-0.2, 0) is 9.59 Å². The number of amides is 1. The maximum absolute atomic E-state index is 13.8. The molecule has 0 spiro atoms. The average Bonchev–Trinajstić information content (AvgIpc) is 3.33. The normalized spacial score (nSPS) is 17.6. The fourth-order valence-corrected chi connectivity index (χ4v) is 5.40. The van der Waals surface area contributed by atoms with Crippen LogP contribution in [0.3, 0.4) is 0 Å². The minimum atomic E-state index is -0.890. The van der Waals surface area contributed by atoms with Crippen LogP contribution in [0.1, 0.15) is 28.3 Å². The summed E-state index contributed by atoms with van der Waals surface area (Å²) >= 11 is 4.53. The number of benzene rings is 3. The van der Waals surface area contributed by atoms with E-state index in [1.807, 2.05) is 26.0 Å². The van der Waals surface area contributed by atoms with Gasteiger partial charge in [-0.25, -0.2) is 9.37 Å². The summed E-state index contributed by atoms with van der Waals surface area (Å²) in [6, 6.07) is 16.0. The van der Waals surface area contributed by atoms with Crippen molar-refractivity contribution in [2.24, 2.45) is 0 Å².